The zero-order valence-corrected chi connectivity index (χ0v) is 17.6. The third-order valence-electron chi connectivity index (χ3n) is 5.72. The van der Waals surface area contributed by atoms with Crippen molar-refractivity contribution in [1.82, 2.24) is 0 Å². The first kappa shape index (κ1) is 19.1. The summed E-state index contributed by atoms with van der Waals surface area (Å²) in [6.07, 6.45) is 10.8. The summed E-state index contributed by atoms with van der Waals surface area (Å²) in [4.78, 5) is 0. The molecule has 0 N–H and O–H groups in total. The van der Waals surface area contributed by atoms with Crippen molar-refractivity contribution < 1.29 is 0 Å². The first-order chi connectivity index (χ1) is 13.4. The second-order valence-corrected chi connectivity index (χ2v) is 9.82. The van der Waals surface area contributed by atoms with E-state index in [9.17, 15) is 0 Å². The van der Waals surface area contributed by atoms with Crippen LogP contribution in [0, 0.1) is 0 Å². The van der Waals surface area contributed by atoms with Crippen molar-refractivity contribution >= 4 is 35.3 Å². The highest BCUT2D eigenvalue weighted by atomic mass is 32.2. The molecule has 0 unspecified atom stereocenters. The fourth-order valence-electron chi connectivity index (χ4n) is 4.35. The van der Waals surface area contributed by atoms with Gasteiger partial charge < -0.3 is 8.61 Å². The molecule has 2 saturated carbocycles. The molecule has 0 atom stereocenters. The molecule has 2 nitrogen and oxygen atoms in total. The maximum Gasteiger partial charge on any atom is 0.0793 e. The number of rotatable bonds is 8. The fourth-order valence-corrected chi connectivity index (χ4v) is 6.83. The van der Waals surface area contributed by atoms with Gasteiger partial charge >= 0.3 is 0 Å². The summed E-state index contributed by atoms with van der Waals surface area (Å²) in [5.74, 6) is 0. The molecule has 0 saturated heterocycles. The molecule has 144 valence electrons. The summed E-state index contributed by atoms with van der Waals surface area (Å²) in [6.45, 7) is 0. The lowest BCUT2D eigenvalue weighted by atomic mass is 10.2. The largest absolute Gasteiger partial charge is 0.312 e. The Morgan fingerprint density at radius 3 is 1.33 bits per heavy atom. The minimum absolute atomic E-state index is 0.689. The summed E-state index contributed by atoms with van der Waals surface area (Å²) in [7, 11) is 0. The Labute approximate surface area is 173 Å². The van der Waals surface area contributed by atoms with Gasteiger partial charge in [-0.2, -0.15) is 0 Å². The van der Waals surface area contributed by atoms with E-state index in [-0.39, 0.29) is 0 Å². The van der Waals surface area contributed by atoms with Crippen molar-refractivity contribution in [3.63, 3.8) is 0 Å². The minimum Gasteiger partial charge on any atom is -0.312 e. The van der Waals surface area contributed by atoms with Crippen molar-refractivity contribution in [2.45, 2.75) is 63.5 Å². The van der Waals surface area contributed by atoms with E-state index in [1.165, 1.54) is 62.7 Å². The maximum absolute atomic E-state index is 2.60. The van der Waals surface area contributed by atoms with Crippen LogP contribution in [0.3, 0.4) is 0 Å². The molecule has 4 heteroatoms. The fraction of sp³-hybridized carbons (Fsp3) is 0.478. The van der Waals surface area contributed by atoms with Crippen LogP contribution in [0.5, 0.6) is 0 Å². The molecule has 2 aliphatic rings. The van der Waals surface area contributed by atoms with Gasteiger partial charge in [0.15, 0.2) is 0 Å². The lowest BCUT2D eigenvalue weighted by Gasteiger charge is -2.33. The molecule has 4 rings (SSSR count). The van der Waals surface area contributed by atoms with Crippen molar-refractivity contribution in [2.75, 3.05) is 13.7 Å². The van der Waals surface area contributed by atoms with Gasteiger partial charge in [-0.15, -0.1) is 0 Å². The van der Waals surface area contributed by atoms with Crippen LogP contribution >= 0.6 is 23.9 Å². The van der Waals surface area contributed by atoms with Crippen molar-refractivity contribution in [3.05, 3.63) is 60.7 Å². The molecule has 2 aromatic rings. The van der Waals surface area contributed by atoms with E-state index in [1.54, 1.807) is 0 Å². The molecule has 2 aliphatic carbocycles. The number of nitrogens with zero attached hydrogens (tertiary/aromatic N) is 2. The van der Waals surface area contributed by atoms with Crippen LogP contribution in [-0.4, -0.2) is 17.2 Å². The molecule has 0 spiro atoms. The van der Waals surface area contributed by atoms with Gasteiger partial charge in [0.2, 0.25) is 0 Å². The lowest BCUT2D eigenvalue weighted by Crippen LogP contribution is -2.29. The van der Waals surface area contributed by atoms with Crippen molar-refractivity contribution in [3.8, 4) is 0 Å². The Morgan fingerprint density at radius 1 is 0.593 bits per heavy atom. The molecule has 0 bridgehead atoms. The van der Waals surface area contributed by atoms with E-state index in [0.717, 1.165) is 5.08 Å². The minimum atomic E-state index is 0.689. The molecule has 0 aliphatic heterocycles. The van der Waals surface area contributed by atoms with E-state index in [4.69, 9.17) is 0 Å². The molecule has 0 radical (unpaired) electrons. The van der Waals surface area contributed by atoms with Gasteiger partial charge in [-0.05, 0) is 73.8 Å². The molecule has 2 fully saturated rings. The Bertz CT molecular complexity index is 608. The van der Waals surface area contributed by atoms with Crippen molar-refractivity contribution in [1.29, 1.82) is 0 Å². The Kier molecular flexibility index (Phi) is 6.92. The zero-order valence-electron chi connectivity index (χ0n) is 16.0. The van der Waals surface area contributed by atoms with Crippen LogP contribution in [0.15, 0.2) is 60.7 Å². The smallest absolute Gasteiger partial charge is 0.0793 e. The average molecular weight is 399 g/mol. The number of hydrogen-bond acceptors (Lipinski definition) is 4. The van der Waals surface area contributed by atoms with Gasteiger partial charge in [0, 0.05) is 23.5 Å². The summed E-state index contributed by atoms with van der Waals surface area (Å²) in [5, 5.41) is 1.07. The molecule has 0 amide bonds. The predicted octanol–water partition coefficient (Wildman–Crippen LogP) is 7.14. The second kappa shape index (κ2) is 9.79. The summed E-state index contributed by atoms with van der Waals surface area (Å²) >= 11 is 4.02. The lowest BCUT2D eigenvalue weighted by molar-refractivity contribution is 0.709. The highest BCUT2D eigenvalue weighted by Gasteiger charge is 2.26. The van der Waals surface area contributed by atoms with Gasteiger partial charge in [0.1, 0.15) is 0 Å². The topological polar surface area (TPSA) is 6.48 Å². The third-order valence-corrected chi connectivity index (χ3v) is 8.14. The first-order valence-electron chi connectivity index (χ1n) is 10.4. The summed E-state index contributed by atoms with van der Waals surface area (Å²) in [5.41, 5.74) is 2.73. The van der Waals surface area contributed by atoms with Gasteiger partial charge in [-0.1, -0.05) is 62.1 Å². The van der Waals surface area contributed by atoms with Crippen LogP contribution in [0.25, 0.3) is 0 Å². The van der Waals surface area contributed by atoms with Crippen LogP contribution < -0.4 is 8.61 Å². The molecule has 0 heterocycles. The normalized spacial score (nSPS) is 18.1. The Morgan fingerprint density at radius 2 is 0.963 bits per heavy atom. The molecular formula is C23H30N2S2. The Hall–Kier alpha value is -1.26. The van der Waals surface area contributed by atoms with Gasteiger partial charge in [0.05, 0.1) is 5.08 Å². The predicted molar refractivity (Wildman–Crippen MR) is 122 cm³/mol. The van der Waals surface area contributed by atoms with Gasteiger partial charge in [0.25, 0.3) is 0 Å². The number of benzene rings is 2. The highest BCUT2D eigenvalue weighted by molar-refractivity contribution is 8.17. The van der Waals surface area contributed by atoms with E-state index in [2.05, 4.69) is 69.3 Å². The van der Waals surface area contributed by atoms with E-state index in [1.807, 2.05) is 23.9 Å². The number of anilines is 2. The van der Waals surface area contributed by atoms with E-state index < -0.39 is 0 Å². The van der Waals surface area contributed by atoms with Crippen LogP contribution in [0.1, 0.15) is 51.4 Å². The van der Waals surface area contributed by atoms with Gasteiger partial charge in [-0.3, -0.25) is 0 Å². The van der Waals surface area contributed by atoms with Crippen LogP contribution in [-0.2, 0) is 0 Å². The Balaban J connectivity index is 1.43. The van der Waals surface area contributed by atoms with Crippen molar-refractivity contribution in [2.24, 2.45) is 0 Å². The molecule has 2 aromatic carbocycles. The maximum atomic E-state index is 2.60. The standard InChI is InChI=1S/C23H30N2S2/c1-3-11-20(12-4-1)24(22-15-7-8-16-22)26-19-27-25(23-17-9-10-18-23)21-13-5-2-6-14-21/h1-6,11-14,22-23H,7-10,15-19H2. The van der Waals surface area contributed by atoms with Gasteiger partial charge in [-0.25, -0.2) is 0 Å². The number of para-hydroxylation sites is 2. The van der Waals surface area contributed by atoms with E-state index >= 15 is 0 Å². The summed E-state index contributed by atoms with van der Waals surface area (Å²) in [6, 6.07) is 23.3. The average Bonchev–Trinajstić information content (AvgIpc) is 3.44. The van der Waals surface area contributed by atoms with Crippen LogP contribution in [0.2, 0.25) is 0 Å². The quantitative estimate of drug-likeness (QED) is 0.344. The molecule has 0 aromatic heterocycles. The zero-order chi connectivity index (χ0) is 18.3. The molecular weight excluding hydrogens is 368 g/mol. The number of hydrogen-bond donors (Lipinski definition) is 0. The summed E-state index contributed by atoms with van der Waals surface area (Å²) < 4.78 is 5.19. The highest BCUT2D eigenvalue weighted by Crippen LogP contribution is 2.38. The van der Waals surface area contributed by atoms with E-state index in [0.29, 0.717) is 12.1 Å². The first-order valence-corrected chi connectivity index (χ1v) is 12.2. The third kappa shape index (κ3) is 4.97. The molecule has 27 heavy (non-hydrogen) atoms. The SMILES string of the molecule is c1ccc(N(SCSN(c2ccccc2)C2CCCC2)C2CCCC2)cc1. The second-order valence-electron chi connectivity index (χ2n) is 7.58. The van der Waals surface area contributed by atoms with Crippen LogP contribution in [0.4, 0.5) is 11.4 Å². The monoisotopic (exact) mass is 398 g/mol.